The van der Waals surface area contributed by atoms with Crippen molar-refractivity contribution in [3.63, 3.8) is 0 Å². The number of benzene rings is 2. The molecule has 1 atom stereocenters. The summed E-state index contributed by atoms with van der Waals surface area (Å²) in [4.78, 5) is 24.2. The summed E-state index contributed by atoms with van der Waals surface area (Å²) < 4.78 is 119. The van der Waals surface area contributed by atoms with E-state index < -0.39 is 64.7 Å². The van der Waals surface area contributed by atoms with Crippen LogP contribution in [-0.4, -0.2) is 24.0 Å². The Morgan fingerprint density at radius 2 is 1.47 bits per heavy atom. The fourth-order valence-corrected chi connectivity index (χ4v) is 3.05. The number of rotatable bonds is 6. The quantitative estimate of drug-likeness (QED) is 0.343. The van der Waals surface area contributed by atoms with Crippen LogP contribution in [0.25, 0.3) is 6.08 Å². The molecule has 0 saturated carbocycles. The molecule has 196 valence electrons. The van der Waals surface area contributed by atoms with E-state index >= 15 is 0 Å². The van der Waals surface area contributed by atoms with Crippen molar-refractivity contribution < 1.29 is 49.1 Å². The molecular weight excluding hydrogens is 507 g/mol. The van der Waals surface area contributed by atoms with Gasteiger partial charge >= 0.3 is 18.5 Å². The molecule has 4 nitrogen and oxygen atoms in total. The van der Waals surface area contributed by atoms with Gasteiger partial charge < -0.3 is 10.6 Å². The first kappa shape index (κ1) is 28.7. The Hall–Kier alpha value is -3.51. The van der Waals surface area contributed by atoms with Crippen LogP contribution < -0.4 is 10.6 Å². The molecule has 36 heavy (non-hydrogen) atoms. The maximum Gasteiger partial charge on any atom is 0.417 e. The SMILES string of the molecule is CC(C)NC(=O)c1ccc(/C=C/C(=O)NC(c2cccc(C(F)(F)F)c2)C(F)(F)F)cc1C(F)(F)F. The van der Waals surface area contributed by atoms with E-state index in [1.165, 1.54) is 19.2 Å². The lowest BCUT2D eigenvalue weighted by atomic mass is 10.0. The molecule has 2 aromatic rings. The number of alkyl halides is 9. The van der Waals surface area contributed by atoms with E-state index in [1.807, 2.05) is 0 Å². The van der Waals surface area contributed by atoms with Crippen LogP contribution in [0.1, 0.15) is 52.5 Å². The molecule has 1 unspecified atom stereocenters. The zero-order valence-electron chi connectivity index (χ0n) is 18.6. The van der Waals surface area contributed by atoms with Crippen LogP contribution in [0.4, 0.5) is 39.5 Å². The Balaban J connectivity index is 2.32. The summed E-state index contributed by atoms with van der Waals surface area (Å²) in [5, 5.41) is 3.82. The van der Waals surface area contributed by atoms with Gasteiger partial charge in [-0.05, 0) is 55.3 Å². The Morgan fingerprint density at radius 1 is 0.833 bits per heavy atom. The number of halogens is 9. The fourth-order valence-electron chi connectivity index (χ4n) is 3.05. The average molecular weight is 526 g/mol. The van der Waals surface area contributed by atoms with Gasteiger partial charge in [0.05, 0.1) is 16.7 Å². The molecular formula is C23H19F9N2O2. The summed E-state index contributed by atoms with van der Waals surface area (Å²) in [5.74, 6) is -2.43. The van der Waals surface area contributed by atoms with Crippen molar-refractivity contribution >= 4 is 17.9 Å². The molecule has 13 heteroatoms. The second kappa shape index (κ2) is 10.6. The highest BCUT2D eigenvalue weighted by Crippen LogP contribution is 2.36. The molecule has 0 radical (unpaired) electrons. The summed E-state index contributed by atoms with van der Waals surface area (Å²) in [5.41, 5.74) is -4.54. The topological polar surface area (TPSA) is 58.2 Å². The fraction of sp³-hybridized carbons (Fsp3) is 0.304. The normalized spacial score (nSPS) is 13.7. The maximum atomic E-state index is 13.5. The molecule has 0 bridgehead atoms. The summed E-state index contributed by atoms with van der Waals surface area (Å²) >= 11 is 0. The van der Waals surface area contributed by atoms with Crippen LogP contribution in [0.3, 0.4) is 0 Å². The van der Waals surface area contributed by atoms with Gasteiger partial charge in [-0.1, -0.05) is 18.2 Å². The maximum absolute atomic E-state index is 13.5. The molecule has 2 amide bonds. The van der Waals surface area contributed by atoms with Crippen LogP contribution in [0.5, 0.6) is 0 Å². The van der Waals surface area contributed by atoms with Crippen LogP contribution >= 0.6 is 0 Å². The van der Waals surface area contributed by atoms with Crippen LogP contribution in [0.15, 0.2) is 48.5 Å². The lowest BCUT2D eigenvalue weighted by molar-refractivity contribution is -0.162. The van der Waals surface area contributed by atoms with E-state index in [4.69, 9.17) is 0 Å². The minimum absolute atomic E-state index is 0.235. The highest BCUT2D eigenvalue weighted by Gasteiger charge is 2.43. The standard InChI is InChI=1S/C23H19F9N2O2/c1-12(2)33-20(36)16-8-6-13(10-17(16)22(27,28)29)7-9-18(35)34-19(23(30,31)32)14-4-3-5-15(11-14)21(24,25)26/h3-12,19H,1-2H3,(H,33,36)(H,34,35)/b9-7+. The van der Waals surface area contributed by atoms with E-state index in [1.54, 1.807) is 0 Å². The van der Waals surface area contributed by atoms with Gasteiger partial charge in [-0.3, -0.25) is 9.59 Å². The smallest absolute Gasteiger partial charge is 0.350 e. The van der Waals surface area contributed by atoms with Crippen molar-refractivity contribution in [2.75, 3.05) is 0 Å². The Kier molecular flexibility index (Phi) is 8.48. The van der Waals surface area contributed by atoms with Gasteiger partial charge in [0.2, 0.25) is 5.91 Å². The van der Waals surface area contributed by atoms with Gasteiger partial charge in [-0.2, -0.15) is 39.5 Å². The van der Waals surface area contributed by atoms with E-state index in [0.717, 1.165) is 30.3 Å². The molecule has 0 heterocycles. The largest absolute Gasteiger partial charge is 0.417 e. The summed E-state index contributed by atoms with van der Waals surface area (Å²) in [6.45, 7) is 3.07. The van der Waals surface area contributed by atoms with Crippen molar-refractivity contribution in [2.45, 2.75) is 44.5 Å². The van der Waals surface area contributed by atoms with Crippen molar-refractivity contribution in [1.29, 1.82) is 0 Å². The summed E-state index contributed by atoms with van der Waals surface area (Å²) in [6, 6.07) is 1.43. The highest BCUT2D eigenvalue weighted by atomic mass is 19.4. The molecule has 0 fully saturated rings. The summed E-state index contributed by atoms with van der Waals surface area (Å²) in [7, 11) is 0. The zero-order chi connectivity index (χ0) is 27.5. The molecule has 0 spiro atoms. The second-order valence-electron chi connectivity index (χ2n) is 7.87. The molecule has 0 aliphatic heterocycles. The average Bonchev–Trinajstić information content (AvgIpc) is 2.73. The van der Waals surface area contributed by atoms with E-state index in [-0.39, 0.29) is 11.6 Å². The predicted molar refractivity (Wildman–Crippen MR) is 111 cm³/mol. The third-order valence-corrected chi connectivity index (χ3v) is 4.60. The van der Waals surface area contributed by atoms with Crippen molar-refractivity contribution in [2.24, 2.45) is 0 Å². The van der Waals surface area contributed by atoms with E-state index in [9.17, 15) is 49.1 Å². The minimum Gasteiger partial charge on any atom is -0.350 e. The highest BCUT2D eigenvalue weighted by molar-refractivity contribution is 5.97. The van der Waals surface area contributed by atoms with Gasteiger partial charge in [-0.15, -0.1) is 0 Å². The Bertz CT molecular complexity index is 1130. The Morgan fingerprint density at radius 3 is 2.00 bits per heavy atom. The number of nitrogens with one attached hydrogen (secondary N) is 2. The third kappa shape index (κ3) is 7.75. The monoisotopic (exact) mass is 526 g/mol. The first-order chi connectivity index (χ1) is 16.4. The van der Waals surface area contributed by atoms with Gasteiger partial charge in [0, 0.05) is 12.1 Å². The van der Waals surface area contributed by atoms with Crippen molar-refractivity contribution in [3.05, 3.63) is 76.4 Å². The van der Waals surface area contributed by atoms with Gasteiger partial charge in [-0.25, -0.2) is 0 Å². The lowest BCUT2D eigenvalue weighted by Crippen LogP contribution is -2.37. The third-order valence-electron chi connectivity index (χ3n) is 4.60. The van der Waals surface area contributed by atoms with Crippen LogP contribution in [0.2, 0.25) is 0 Å². The first-order valence-corrected chi connectivity index (χ1v) is 10.1. The molecule has 0 aliphatic rings. The molecule has 2 aromatic carbocycles. The van der Waals surface area contributed by atoms with Gasteiger partial charge in [0.25, 0.3) is 5.91 Å². The summed E-state index contributed by atoms with van der Waals surface area (Å²) in [6.07, 6.45) is -13.8. The van der Waals surface area contributed by atoms with Crippen molar-refractivity contribution in [1.82, 2.24) is 10.6 Å². The number of hydrogen-bond acceptors (Lipinski definition) is 2. The molecule has 0 aromatic heterocycles. The number of carbonyl (C=O) groups is 2. The second-order valence-corrected chi connectivity index (χ2v) is 7.87. The number of carbonyl (C=O) groups excluding carboxylic acids is 2. The first-order valence-electron chi connectivity index (χ1n) is 10.1. The minimum atomic E-state index is -5.18. The number of amides is 2. The predicted octanol–water partition coefficient (Wildman–Crippen LogP) is 6.30. The molecule has 0 saturated heterocycles. The molecule has 2 rings (SSSR count). The van der Waals surface area contributed by atoms with Crippen molar-refractivity contribution in [3.8, 4) is 0 Å². The zero-order valence-corrected chi connectivity index (χ0v) is 18.6. The van der Waals surface area contributed by atoms with E-state index in [0.29, 0.717) is 18.2 Å². The van der Waals surface area contributed by atoms with Gasteiger partial charge in [0.1, 0.15) is 0 Å². The van der Waals surface area contributed by atoms with Gasteiger partial charge in [0.15, 0.2) is 6.04 Å². The van der Waals surface area contributed by atoms with Crippen LogP contribution in [-0.2, 0) is 17.1 Å². The molecule has 0 aliphatic carbocycles. The lowest BCUT2D eigenvalue weighted by Gasteiger charge is -2.22. The Labute approximate surface area is 199 Å². The number of hydrogen-bond donors (Lipinski definition) is 2. The van der Waals surface area contributed by atoms with E-state index in [2.05, 4.69) is 5.32 Å². The molecule has 2 N–H and O–H groups in total. The van der Waals surface area contributed by atoms with Crippen LogP contribution in [0, 0.1) is 0 Å².